The van der Waals surface area contributed by atoms with Crippen molar-refractivity contribution in [1.29, 1.82) is 0 Å². The number of halogens is 2. The number of imidazole rings is 1. The summed E-state index contributed by atoms with van der Waals surface area (Å²) in [5, 5.41) is 5.50. The standard InChI is InChI=1S/C24H21ClFN7O/c1-28-19-8-6-14(10-18(19)26)23-29-21(24(34)32-9-3-4-16(27)13-32)22(25)33(23)17-7-5-15-12-31(2)30-20(15)11-17/h5-8,10-12,16H,3-4,9,13,27H2,2H3/t16-/m1/s1. The minimum Gasteiger partial charge on any atom is -0.336 e. The molecule has 0 spiro atoms. The van der Waals surface area contributed by atoms with E-state index in [1.807, 2.05) is 31.4 Å². The van der Waals surface area contributed by atoms with Gasteiger partial charge in [0.05, 0.1) is 17.8 Å². The van der Waals surface area contributed by atoms with Crippen molar-refractivity contribution in [3.05, 3.63) is 70.7 Å². The summed E-state index contributed by atoms with van der Waals surface area (Å²) in [6.07, 6.45) is 3.55. The average Bonchev–Trinajstić information content (AvgIpc) is 3.36. The first-order valence-electron chi connectivity index (χ1n) is 10.8. The lowest BCUT2D eigenvalue weighted by molar-refractivity contribution is 0.0703. The molecule has 5 rings (SSSR count). The van der Waals surface area contributed by atoms with Crippen molar-refractivity contribution in [3.8, 4) is 17.1 Å². The zero-order valence-electron chi connectivity index (χ0n) is 18.4. The van der Waals surface area contributed by atoms with Crippen molar-refractivity contribution in [2.45, 2.75) is 18.9 Å². The molecule has 0 radical (unpaired) electrons. The van der Waals surface area contributed by atoms with E-state index in [1.165, 1.54) is 12.1 Å². The molecule has 0 aliphatic carbocycles. The van der Waals surface area contributed by atoms with Crippen LogP contribution in [-0.4, -0.2) is 49.3 Å². The Balaban J connectivity index is 1.68. The van der Waals surface area contributed by atoms with Gasteiger partial charge in [-0.3, -0.25) is 14.0 Å². The molecule has 10 heteroatoms. The lowest BCUT2D eigenvalue weighted by atomic mass is 10.1. The van der Waals surface area contributed by atoms with Gasteiger partial charge in [-0.15, -0.1) is 0 Å². The summed E-state index contributed by atoms with van der Waals surface area (Å²) in [7, 11) is 1.83. The number of likely N-dealkylation sites (tertiary alicyclic amines) is 1. The fourth-order valence-electron chi connectivity index (χ4n) is 4.31. The number of fused-ring (bicyclic) bond motifs is 1. The monoisotopic (exact) mass is 477 g/mol. The van der Waals surface area contributed by atoms with Gasteiger partial charge in [-0.2, -0.15) is 5.10 Å². The van der Waals surface area contributed by atoms with Crippen molar-refractivity contribution >= 4 is 34.1 Å². The van der Waals surface area contributed by atoms with Crippen LogP contribution >= 0.6 is 11.6 Å². The summed E-state index contributed by atoms with van der Waals surface area (Å²) in [5.41, 5.74) is 7.80. The maximum absolute atomic E-state index is 14.5. The normalized spacial score (nSPS) is 16.1. The van der Waals surface area contributed by atoms with Crippen LogP contribution < -0.4 is 5.73 Å². The van der Waals surface area contributed by atoms with Gasteiger partial charge in [-0.1, -0.05) is 23.7 Å². The fraction of sp³-hybridized carbons (Fsp3) is 0.250. The number of piperidine rings is 1. The van der Waals surface area contributed by atoms with Crippen LogP contribution in [0.15, 0.2) is 42.6 Å². The maximum Gasteiger partial charge on any atom is 0.275 e. The number of hydrogen-bond donors (Lipinski definition) is 1. The van der Waals surface area contributed by atoms with Gasteiger partial charge in [0.25, 0.3) is 5.91 Å². The Morgan fingerprint density at radius 2 is 2.12 bits per heavy atom. The highest BCUT2D eigenvalue weighted by Crippen LogP contribution is 2.34. The highest BCUT2D eigenvalue weighted by atomic mass is 35.5. The predicted molar refractivity (Wildman–Crippen MR) is 128 cm³/mol. The lowest BCUT2D eigenvalue weighted by Crippen LogP contribution is -2.45. The van der Waals surface area contributed by atoms with Gasteiger partial charge in [0, 0.05) is 43.3 Å². The van der Waals surface area contributed by atoms with Crippen molar-refractivity contribution in [2.24, 2.45) is 12.8 Å². The lowest BCUT2D eigenvalue weighted by Gasteiger charge is -2.30. The first kappa shape index (κ1) is 22.1. The smallest absolute Gasteiger partial charge is 0.275 e. The number of rotatable bonds is 3. The Kier molecular flexibility index (Phi) is 5.55. The summed E-state index contributed by atoms with van der Waals surface area (Å²) < 4.78 is 17.8. The molecule has 2 aromatic heterocycles. The Labute approximate surface area is 200 Å². The number of aryl methyl sites for hydroxylation is 1. The number of carbonyl (C=O) groups is 1. The third-order valence-electron chi connectivity index (χ3n) is 5.96. The molecule has 1 fully saturated rings. The van der Waals surface area contributed by atoms with Crippen molar-refractivity contribution in [2.75, 3.05) is 13.1 Å². The average molecular weight is 478 g/mol. The van der Waals surface area contributed by atoms with Crippen LogP contribution in [-0.2, 0) is 7.05 Å². The summed E-state index contributed by atoms with van der Waals surface area (Å²) in [4.78, 5) is 22.8. The number of aromatic nitrogens is 4. The third kappa shape index (κ3) is 3.81. The molecule has 34 heavy (non-hydrogen) atoms. The number of carbonyl (C=O) groups excluding carboxylic acids is 1. The molecule has 8 nitrogen and oxygen atoms in total. The number of hydrogen-bond acceptors (Lipinski definition) is 4. The topological polar surface area (TPSA) is 86.3 Å². The van der Waals surface area contributed by atoms with E-state index < -0.39 is 5.82 Å². The van der Waals surface area contributed by atoms with Gasteiger partial charge in [0.15, 0.2) is 5.69 Å². The molecular formula is C24H21ClFN7O. The molecule has 172 valence electrons. The second-order valence-corrected chi connectivity index (χ2v) is 8.75. The molecule has 1 aliphatic heterocycles. The summed E-state index contributed by atoms with van der Waals surface area (Å²) in [6.45, 7) is 8.10. The van der Waals surface area contributed by atoms with E-state index in [0.717, 1.165) is 23.7 Å². The second-order valence-electron chi connectivity index (χ2n) is 8.39. The molecule has 1 aliphatic rings. The first-order valence-corrected chi connectivity index (χ1v) is 11.2. The molecule has 2 aromatic carbocycles. The highest BCUT2D eigenvalue weighted by Gasteiger charge is 2.29. The van der Waals surface area contributed by atoms with Crippen LogP contribution in [0.3, 0.4) is 0 Å². The molecule has 1 saturated heterocycles. The maximum atomic E-state index is 14.5. The highest BCUT2D eigenvalue weighted by molar-refractivity contribution is 6.33. The number of nitrogens with two attached hydrogens (primary N) is 1. The van der Waals surface area contributed by atoms with E-state index in [0.29, 0.717) is 30.2 Å². The zero-order valence-corrected chi connectivity index (χ0v) is 19.1. The van der Waals surface area contributed by atoms with Crippen molar-refractivity contribution < 1.29 is 9.18 Å². The first-order chi connectivity index (χ1) is 16.4. The molecule has 3 heterocycles. The third-order valence-corrected chi connectivity index (χ3v) is 6.31. The van der Waals surface area contributed by atoms with Gasteiger partial charge in [0.2, 0.25) is 5.69 Å². The van der Waals surface area contributed by atoms with Crippen LogP contribution in [0.1, 0.15) is 23.3 Å². The van der Waals surface area contributed by atoms with Gasteiger partial charge in [-0.05, 0) is 37.1 Å². The molecule has 1 amide bonds. The summed E-state index contributed by atoms with van der Waals surface area (Å²) in [6, 6.07) is 9.68. The second kappa shape index (κ2) is 8.56. The molecule has 2 N–H and O–H groups in total. The Morgan fingerprint density at radius 3 is 2.85 bits per heavy atom. The predicted octanol–water partition coefficient (Wildman–Crippen LogP) is 4.33. The molecule has 0 unspecified atom stereocenters. The molecule has 1 atom stereocenters. The SMILES string of the molecule is [C-]#[N+]c1ccc(-c2nc(C(=O)N3CCC[C@@H](N)C3)c(Cl)n2-c2ccc3cn(C)nc3c2)cc1F. The molecular weight excluding hydrogens is 457 g/mol. The Hall–Kier alpha value is -3.74. The minimum atomic E-state index is -0.673. The quantitative estimate of drug-likeness (QED) is 0.445. The Bertz CT molecular complexity index is 1470. The van der Waals surface area contributed by atoms with Crippen LogP contribution in [0.5, 0.6) is 0 Å². The number of nitrogens with zero attached hydrogens (tertiary/aromatic N) is 6. The van der Waals surface area contributed by atoms with E-state index in [9.17, 15) is 9.18 Å². The van der Waals surface area contributed by atoms with Crippen LogP contribution in [0.25, 0.3) is 32.8 Å². The summed E-state index contributed by atoms with van der Waals surface area (Å²) >= 11 is 6.77. The van der Waals surface area contributed by atoms with Crippen LogP contribution in [0.4, 0.5) is 10.1 Å². The fourth-order valence-corrected chi connectivity index (χ4v) is 4.61. The minimum absolute atomic E-state index is 0.0709. The van der Waals surface area contributed by atoms with Gasteiger partial charge >= 0.3 is 0 Å². The van der Waals surface area contributed by atoms with E-state index in [1.54, 1.807) is 20.2 Å². The zero-order chi connectivity index (χ0) is 24.0. The van der Waals surface area contributed by atoms with Crippen LogP contribution in [0, 0.1) is 12.4 Å². The van der Waals surface area contributed by atoms with E-state index in [4.69, 9.17) is 23.9 Å². The van der Waals surface area contributed by atoms with Gasteiger partial charge in [0.1, 0.15) is 16.8 Å². The summed E-state index contributed by atoms with van der Waals surface area (Å²) in [5.74, 6) is -0.703. The molecule has 0 saturated carbocycles. The molecule has 0 bridgehead atoms. The van der Waals surface area contributed by atoms with Crippen molar-refractivity contribution in [3.63, 3.8) is 0 Å². The van der Waals surface area contributed by atoms with E-state index >= 15 is 0 Å². The number of amides is 1. The molecule has 4 aromatic rings. The van der Waals surface area contributed by atoms with Gasteiger partial charge in [-0.25, -0.2) is 14.2 Å². The van der Waals surface area contributed by atoms with Crippen LogP contribution in [0.2, 0.25) is 5.15 Å². The largest absolute Gasteiger partial charge is 0.336 e. The van der Waals surface area contributed by atoms with E-state index in [-0.39, 0.29) is 28.5 Å². The van der Waals surface area contributed by atoms with Crippen molar-refractivity contribution in [1.82, 2.24) is 24.2 Å². The van der Waals surface area contributed by atoms with E-state index in [2.05, 4.69) is 14.9 Å². The van der Waals surface area contributed by atoms with Gasteiger partial charge < -0.3 is 10.6 Å². The Morgan fingerprint density at radius 1 is 1.29 bits per heavy atom. The number of benzene rings is 2.